The van der Waals surface area contributed by atoms with Crippen LogP contribution < -0.4 is 0 Å². The molecule has 0 saturated heterocycles. The molecule has 2 aliphatic rings. The van der Waals surface area contributed by atoms with Crippen molar-refractivity contribution in [1.29, 1.82) is 0 Å². The van der Waals surface area contributed by atoms with Gasteiger partial charge in [0, 0.05) is 36.3 Å². The lowest BCUT2D eigenvalue weighted by atomic mass is 10.1. The van der Waals surface area contributed by atoms with Crippen LogP contribution in [0.15, 0.2) is 71.5 Å². The predicted molar refractivity (Wildman–Crippen MR) is 104 cm³/mol. The van der Waals surface area contributed by atoms with E-state index in [1.807, 2.05) is 12.3 Å². The van der Waals surface area contributed by atoms with Crippen molar-refractivity contribution in [2.24, 2.45) is 4.99 Å². The standard InChI is InChI=1S/C22H26N2/c1-2-3-4-5-8-15-24-16-13-19(14-17-24)11-12-20-18-23-22-10-7-6-9-21(20)22/h6-7,9-14,16-18H,2-5,8,15H2,1H3/b20-12-. The Balaban J connectivity index is 1.52. The van der Waals surface area contributed by atoms with Gasteiger partial charge >= 0.3 is 0 Å². The van der Waals surface area contributed by atoms with E-state index in [2.05, 4.69) is 71.7 Å². The Morgan fingerprint density at radius 1 is 0.958 bits per heavy atom. The maximum absolute atomic E-state index is 4.44. The van der Waals surface area contributed by atoms with Crippen LogP contribution in [0, 0.1) is 0 Å². The third-order valence-electron chi connectivity index (χ3n) is 4.45. The second kappa shape index (κ2) is 8.49. The van der Waals surface area contributed by atoms with E-state index in [4.69, 9.17) is 0 Å². The molecule has 124 valence electrons. The highest BCUT2D eigenvalue weighted by Crippen LogP contribution is 2.30. The van der Waals surface area contributed by atoms with Gasteiger partial charge < -0.3 is 4.90 Å². The molecule has 24 heavy (non-hydrogen) atoms. The summed E-state index contributed by atoms with van der Waals surface area (Å²) in [6, 6.07) is 8.27. The van der Waals surface area contributed by atoms with Crippen molar-refractivity contribution >= 4 is 17.5 Å². The third-order valence-corrected chi connectivity index (χ3v) is 4.45. The SMILES string of the molecule is CCCCCCCN1C=CC(=C/C=C2/C=Nc3ccccc32)C=C1. The molecule has 0 saturated carbocycles. The summed E-state index contributed by atoms with van der Waals surface area (Å²) in [6.07, 6.45) is 21.6. The number of unbranched alkanes of at least 4 members (excludes halogenated alkanes) is 4. The monoisotopic (exact) mass is 318 g/mol. The minimum absolute atomic E-state index is 1.06. The lowest BCUT2D eigenvalue weighted by Crippen LogP contribution is -2.13. The largest absolute Gasteiger partial charge is 0.354 e. The summed E-state index contributed by atoms with van der Waals surface area (Å²) in [6.45, 7) is 3.38. The molecule has 0 bridgehead atoms. The van der Waals surface area contributed by atoms with Gasteiger partial charge in [-0.15, -0.1) is 0 Å². The molecular formula is C22H26N2. The quantitative estimate of drug-likeness (QED) is 0.561. The number of nitrogens with zero attached hydrogens (tertiary/aromatic N) is 2. The summed E-state index contributed by atoms with van der Waals surface area (Å²) in [7, 11) is 0. The van der Waals surface area contributed by atoms with E-state index in [0.717, 1.165) is 12.2 Å². The second-order valence-electron chi connectivity index (χ2n) is 6.35. The summed E-state index contributed by atoms with van der Waals surface area (Å²) >= 11 is 0. The molecule has 0 fully saturated rings. The molecule has 0 amide bonds. The summed E-state index contributed by atoms with van der Waals surface area (Å²) < 4.78 is 0. The van der Waals surface area contributed by atoms with Crippen LogP contribution >= 0.6 is 0 Å². The van der Waals surface area contributed by atoms with Crippen LogP contribution in [0.2, 0.25) is 0 Å². The van der Waals surface area contributed by atoms with Gasteiger partial charge in [0.1, 0.15) is 0 Å². The number of hydrogen-bond donors (Lipinski definition) is 0. The molecule has 1 aromatic rings. The fourth-order valence-corrected chi connectivity index (χ4v) is 2.98. The number of para-hydroxylation sites is 1. The summed E-state index contributed by atoms with van der Waals surface area (Å²) in [4.78, 5) is 6.73. The molecule has 0 unspecified atom stereocenters. The van der Waals surface area contributed by atoms with Gasteiger partial charge in [-0.05, 0) is 30.2 Å². The van der Waals surface area contributed by atoms with E-state index in [-0.39, 0.29) is 0 Å². The summed E-state index contributed by atoms with van der Waals surface area (Å²) in [5, 5.41) is 0. The highest BCUT2D eigenvalue weighted by Gasteiger charge is 2.09. The molecule has 2 aliphatic heterocycles. The van der Waals surface area contributed by atoms with Crippen molar-refractivity contribution in [3.05, 3.63) is 72.1 Å². The highest BCUT2D eigenvalue weighted by atomic mass is 15.1. The van der Waals surface area contributed by atoms with E-state index in [1.54, 1.807) is 0 Å². The summed E-state index contributed by atoms with van der Waals surface area (Å²) in [5.41, 5.74) is 4.68. The number of allylic oxidation sites excluding steroid dienone is 6. The van der Waals surface area contributed by atoms with E-state index in [0.29, 0.717) is 0 Å². The average molecular weight is 318 g/mol. The molecule has 0 aromatic heterocycles. The highest BCUT2D eigenvalue weighted by molar-refractivity contribution is 6.16. The molecule has 2 nitrogen and oxygen atoms in total. The maximum Gasteiger partial charge on any atom is 0.0708 e. The van der Waals surface area contributed by atoms with Gasteiger partial charge in [-0.25, -0.2) is 0 Å². The molecule has 0 aliphatic carbocycles. The maximum atomic E-state index is 4.44. The van der Waals surface area contributed by atoms with Crippen LogP contribution in [0.4, 0.5) is 5.69 Å². The number of aliphatic imine (C=N–C) groups is 1. The van der Waals surface area contributed by atoms with Gasteiger partial charge in [-0.3, -0.25) is 4.99 Å². The molecule has 3 rings (SSSR count). The second-order valence-corrected chi connectivity index (χ2v) is 6.35. The summed E-state index contributed by atoms with van der Waals surface area (Å²) in [5.74, 6) is 0. The van der Waals surface area contributed by atoms with Crippen molar-refractivity contribution in [1.82, 2.24) is 4.90 Å². The molecule has 1 aromatic carbocycles. The average Bonchev–Trinajstić information content (AvgIpc) is 3.04. The third kappa shape index (κ3) is 4.35. The van der Waals surface area contributed by atoms with Crippen molar-refractivity contribution < 1.29 is 0 Å². The Morgan fingerprint density at radius 3 is 2.58 bits per heavy atom. The van der Waals surface area contributed by atoms with Gasteiger partial charge in [-0.2, -0.15) is 0 Å². The normalized spacial score (nSPS) is 17.0. The Hall–Kier alpha value is -2.35. The van der Waals surface area contributed by atoms with E-state index < -0.39 is 0 Å². The minimum Gasteiger partial charge on any atom is -0.354 e. The first kappa shape index (κ1) is 16.5. The first-order chi connectivity index (χ1) is 11.9. The van der Waals surface area contributed by atoms with Crippen LogP contribution in [0.3, 0.4) is 0 Å². The zero-order valence-corrected chi connectivity index (χ0v) is 14.5. The van der Waals surface area contributed by atoms with Crippen molar-refractivity contribution in [3.8, 4) is 0 Å². The Labute approximate surface area is 145 Å². The molecule has 0 atom stereocenters. The van der Waals surface area contributed by atoms with E-state index >= 15 is 0 Å². The van der Waals surface area contributed by atoms with Crippen LogP contribution in [0.25, 0.3) is 5.57 Å². The molecule has 0 radical (unpaired) electrons. The smallest absolute Gasteiger partial charge is 0.0708 e. The van der Waals surface area contributed by atoms with E-state index in [9.17, 15) is 0 Å². The molecule has 0 spiro atoms. The van der Waals surface area contributed by atoms with Crippen LogP contribution in [-0.4, -0.2) is 17.7 Å². The number of rotatable bonds is 7. The lowest BCUT2D eigenvalue weighted by Gasteiger charge is -2.18. The molecule has 2 heterocycles. The molecule has 0 N–H and O–H groups in total. The van der Waals surface area contributed by atoms with Gasteiger partial charge in [0.05, 0.1) is 5.69 Å². The van der Waals surface area contributed by atoms with Gasteiger partial charge in [-0.1, -0.05) is 63.0 Å². The van der Waals surface area contributed by atoms with E-state index in [1.165, 1.54) is 48.8 Å². The van der Waals surface area contributed by atoms with Gasteiger partial charge in [0.15, 0.2) is 0 Å². The van der Waals surface area contributed by atoms with Crippen molar-refractivity contribution in [2.75, 3.05) is 6.54 Å². The van der Waals surface area contributed by atoms with Crippen LogP contribution in [0.1, 0.15) is 44.6 Å². The van der Waals surface area contributed by atoms with Gasteiger partial charge in [0.2, 0.25) is 0 Å². The van der Waals surface area contributed by atoms with Gasteiger partial charge in [0.25, 0.3) is 0 Å². The topological polar surface area (TPSA) is 15.6 Å². The first-order valence-electron chi connectivity index (χ1n) is 9.04. The predicted octanol–water partition coefficient (Wildman–Crippen LogP) is 6.03. The molecular weight excluding hydrogens is 292 g/mol. The zero-order valence-electron chi connectivity index (χ0n) is 14.5. The Bertz CT molecular complexity index is 688. The fourth-order valence-electron chi connectivity index (χ4n) is 2.98. The fraction of sp³-hybridized carbons (Fsp3) is 0.318. The Kier molecular flexibility index (Phi) is 5.84. The number of fused-ring (bicyclic) bond motifs is 1. The number of benzene rings is 1. The number of hydrogen-bond acceptors (Lipinski definition) is 2. The first-order valence-corrected chi connectivity index (χ1v) is 9.04. The lowest BCUT2D eigenvalue weighted by molar-refractivity contribution is 0.465. The van der Waals surface area contributed by atoms with Crippen molar-refractivity contribution in [2.45, 2.75) is 39.0 Å². The minimum atomic E-state index is 1.06. The molecule has 2 heteroatoms. The van der Waals surface area contributed by atoms with Crippen LogP contribution in [-0.2, 0) is 0 Å². The Morgan fingerprint density at radius 2 is 1.75 bits per heavy atom. The van der Waals surface area contributed by atoms with Crippen molar-refractivity contribution in [3.63, 3.8) is 0 Å². The zero-order chi connectivity index (χ0) is 16.6. The van der Waals surface area contributed by atoms with Crippen LogP contribution in [0.5, 0.6) is 0 Å².